The summed E-state index contributed by atoms with van der Waals surface area (Å²) in [7, 11) is 0. The quantitative estimate of drug-likeness (QED) is 0.651. The lowest BCUT2D eigenvalue weighted by molar-refractivity contribution is 0.177. The van der Waals surface area contributed by atoms with Crippen molar-refractivity contribution in [2.45, 2.75) is 19.4 Å². The fourth-order valence-electron chi connectivity index (χ4n) is 1.87. The van der Waals surface area contributed by atoms with E-state index >= 15 is 0 Å². The lowest BCUT2D eigenvalue weighted by Crippen LogP contribution is -2.03. The number of aliphatic hydroxyl groups excluding tert-OH is 1. The average molecular weight is 449 g/mol. The second-order valence-corrected chi connectivity index (χ2v) is 7.09. The molecule has 100 valence electrons. The van der Waals surface area contributed by atoms with Gasteiger partial charge in [0.2, 0.25) is 0 Å². The van der Waals surface area contributed by atoms with Crippen molar-refractivity contribution >= 4 is 47.8 Å². The lowest BCUT2D eigenvalue weighted by Gasteiger charge is -2.15. The van der Waals surface area contributed by atoms with E-state index in [0.717, 1.165) is 30.1 Å². The van der Waals surface area contributed by atoms with Crippen molar-refractivity contribution in [2.75, 3.05) is 0 Å². The molecule has 0 fully saturated rings. The Morgan fingerprint density at radius 2 is 1.63 bits per heavy atom. The van der Waals surface area contributed by atoms with Crippen LogP contribution in [0.15, 0.2) is 49.8 Å². The van der Waals surface area contributed by atoms with Gasteiger partial charge in [0.25, 0.3) is 0 Å². The van der Waals surface area contributed by atoms with Gasteiger partial charge in [0.05, 0.1) is 6.10 Å². The van der Waals surface area contributed by atoms with Gasteiger partial charge in [-0.25, -0.2) is 0 Å². The molecule has 1 atom stereocenters. The highest BCUT2D eigenvalue weighted by Crippen LogP contribution is 2.31. The average Bonchev–Trinajstić information content (AvgIpc) is 2.36. The van der Waals surface area contributed by atoms with Crippen molar-refractivity contribution in [1.82, 2.24) is 0 Å². The first kappa shape index (κ1) is 15.2. The Labute approximate surface area is 138 Å². The first-order chi connectivity index (χ1) is 8.97. The maximum atomic E-state index is 10.4. The van der Waals surface area contributed by atoms with Crippen LogP contribution in [0.3, 0.4) is 0 Å². The van der Waals surface area contributed by atoms with Crippen molar-refractivity contribution in [3.8, 4) is 0 Å². The third-order valence-corrected chi connectivity index (χ3v) is 5.05. The molecular weight excluding hydrogens is 436 g/mol. The molecule has 1 N–H and O–H groups in total. The molecule has 1 unspecified atom stereocenters. The van der Waals surface area contributed by atoms with E-state index in [2.05, 4.69) is 47.8 Å². The third-order valence-electron chi connectivity index (χ3n) is 2.98. The number of aryl methyl sites for hydroxylation is 1. The molecule has 0 saturated carbocycles. The molecule has 0 aliphatic carbocycles. The summed E-state index contributed by atoms with van der Waals surface area (Å²) in [4.78, 5) is 0. The van der Waals surface area contributed by atoms with Gasteiger partial charge in [0.15, 0.2) is 0 Å². The van der Waals surface area contributed by atoms with Gasteiger partial charge in [0, 0.05) is 19.8 Å². The maximum Gasteiger partial charge on any atom is 0.0841 e. The van der Waals surface area contributed by atoms with Gasteiger partial charge in [0.1, 0.15) is 0 Å². The molecule has 2 aromatic rings. The second-order valence-electron chi connectivity index (χ2n) is 4.47. The first-order valence-corrected chi connectivity index (χ1v) is 8.23. The van der Waals surface area contributed by atoms with E-state index in [-0.39, 0.29) is 0 Å². The number of halogens is 3. The fraction of sp³-hybridized carbons (Fsp3) is 0.200. The smallest absolute Gasteiger partial charge is 0.0841 e. The Hall–Kier alpha value is -0.160. The molecule has 4 heteroatoms. The largest absolute Gasteiger partial charge is 0.388 e. The number of hydrogen-bond acceptors (Lipinski definition) is 1. The Balaban J connectivity index is 2.22. The highest BCUT2D eigenvalue weighted by molar-refractivity contribution is 9.11. The monoisotopic (exact) mass is 446 g/mol. The van der Waals surface area contributed by atoms with Gasteiger partial charge in [-0.15, -0.1) is 0 Å². The van der Waals surface area contributed by atoms with Crippen LogP contribution in [0.1, 0.15) is 22.8 Å². The van der Waals surface area contributed by atoms with E-state index in [1.807, 2.05) is 43.3 Å². The molecule has 1 nitrogen and oxygen atoms in total. The summed E-state index contributed by atoms with van der Waals surface area (Å²) >= 11 is 10.4. The molecule has 0 bridgehead atoms. The van der Waals surface area contributed by atoms with E-state index in [1.54, 1.807) is 0 Å². The molecule has 0 aliphatic heterocycles. The zero-order chi connectivity index (χ0) is 14.0. The highest BCUT2D eigenvalue weighted by atomic mass is 79.9. The highest BCUT2D eigenvalue weighted by Gasteiger charge is 2.14. The SMILES string of the molecule is Cc1cc(Br)c(C(O)Cc2ccc(Br)cc2)cc1Br. The number of rotatable bonds is 3. The molecule has 19 heavy (non-hydrogen) atoms. The zero-order valence-electron chi connectivity index (χ0n) is 10.3. The Morgan fingerprint density at radius 3 is 2.26 bits per heavy atom. The topological polar surface area (TPSA) is 20.2 Å². The predicted octanol–water partition coefficient (Wildman–Crippen LogP) is 5.56. The van der Waals surface area contributed by atoms with Crippen LogP contribution in [0.2, 0.25) is 0 Å². The summed E-state index contributed by atoms with van der Waals surface area (Å²) in [6, 6.07) is 12.0. The van der Waals surface area contributed by atoms with Crippen molar-refractivity contribution in [3.63, 3.8) is 0 Å². The van der Waals surface area contributed by atoms with Crippen LogP contribution in [0.5, 0.6) is 0 Å². The number of benzene rings is 2. The van der Waals surface area contributed by atoms with Crippen LogP contribution in [0.4, 0.5) is 0 Å². The summed E-state index contributed by atoms with van der Waals surface area (Å²) in [5.74, 6) is 0. The van der Waals surface area contributed by atoms with Crippen molar-refractivity contribution in [1.29, 1.82) is 0 Å². The minimum atomic E-state index is -0.521. The van der Waals surface area contributed by atoms with Gasteiger partial charge >= 0.3 is 0 Å². The molecule has 0 spiro atoms. The second kappa shape index (κ2) is 6.53. The van der Waals surface area contributed by atoms with Gasteiger partial charge in [-0.2, -0.15) is 0 Å². The van der Waals surface area contributed by atoms with E-state index in [4.69, 9.17) is 0 Å². The van der Waals surface area contributed by atoms with Gasteiger partial charge in [-0.1, -0.05) is 59.9 Å². The summed E-state index contributed by atoms with van der Waals surface area (Å²) in [5.41, 5.74) is 3.16. The van der Waals surface area contributed by atoms with Crippen LogP contribution in [-0.4, -0.2) is 5.11 Å². The lowest BCUT2D eigenvalue weighted by atomic mass is 10.0. The Bertz CT molecular complexity index is 579. The summed E-state index contributed by atoms with van der Waals surface area (Å²) < 4.78 is 3.00. The van der Waals surface area contributed by atoms with Crippen LogP contribution < -0.4 is 0 Å². The van der Waals surface area contributed by atoms with Crippen LogP contribution >= 0.6 is 47.8 Å². The van der Waals surface area contributed by atoms with Crippen LogP contribution in [-0.2, 0) is 6.42 Å². The van der Waals surface area contributed by atoms with Gasteiger partial charge in [-0.05, 0) is 47.9 Å². The minimum Gasteiger partial charge on any atom is -0.388 e. The van der Waals surface area contributed by atoms with E-state index in [0.29, 0.717) is 6.42 Å². The molecule has 0 aromatic heterocycles. The standard InChI is InChI=1S/C15H13Br3O/c1-9-6-14(18)12(8-13(9)17)15(19)7-10-2-4-11(16)5-3-10/h2-6,8,15,19H,7H2,1H3. The third kappa shape index (κ3) is 3.91. The summed E-state index contributed by atoms with van der Waals surface area (Å²) in [5, 5.41) is 10.4. The molecule has 0 amide bonds. The molecule has 0 heterocycles. The normalized spacial score (nSPS) is 12.5. The van der Waals surface area contributed by atoms with E-state index < -0.39 is 6.10 Å². The Kier molecular flexibility index (Phi) is 5.23. The van der Waals surface area contributed by atoms with Crippen LogP contribution in [0.25, 0.3) is 0 Å². The molecule has 0 radical (unpaired) electrons. The first-order valence-electron chi connectivity index (χ1n) is 5.85. The van der Waals surface area contributed by atoms with Gasteiger partial charge in [-0.3, -0.25) is 0 Å². The summed E-state index contributed by atoms with van der Waals surface area (Å²) in [6.45, 7) is 2.03. The van der Waals surface area contributed by atoms with Crippen molar-refractivity contribution in [3.05, 3.63) is 66.5 Å². The Morgan fingerprint density at radius 1 is 1.00 bits per heavy atom. The fourth-order valence-corrected chi connectivity index (χ4v) is 3.22. The van der Waals surface area contributed by atoms with Crippen LogP contribution in [0, 0.1) is 6.92 Å². The zero-order valence-corrected chi connectivity index (χ0v) is 15.1. The van der Waals surface area contributed by atoms with Gasteiger partial charge < -0.3 is 5.11 Å². The van der Waals surface area contributed by atoms with E-state index in [1.165, 1.54) is 0 Å². The maximum absolute atomic E-state index is 10.4. The predicted molar refractivity (Wildman–Crippen MR) is 89.4 cm³/mol. The summed E-state index contributed by atoms with van der Waals surface area (Å²) in [6.07, 6.45) is 0.0777. The van der Waals surface area contributed by atoms with Crippen molar-refractivity contribution < 1.29 is 5.11 Å². The van der Waals surface area contributed by atoms with E-state index in [9.17, 15) is 5.11 Å². The number of hydrogen-bond donors (Lipinski definition) is 1. The molecule has 2 rings (SSSR count). The minimum absolute atomic E-state index is 0.521. The molecule has 0 saturated heterocycles. The molecular formula is C15H13Br3O. The molecule has 2 aromatic carbocycles. The van der Waals surface area contributed by atoms with Crippen molar-refractivity contribution in [2.24, 2.45) is 0 Å². The molecule has 0 aliphatic rings. The number of aliphatic hydroxyl groups is 1.